The maximum Gasteiger partial charge on any atom is 0.220 e. The molecule has 0 aromatic rings. The van der Waals surface area contributed by atoms with Crippen LogP contribution >= 0.6 is 0 Å². The summed E-state index contributed by atoms with van der Waals surface area (Å²) < 4.78 is 0. The van der Waals surface area contributed by atoms with Gasteiger partial charge in [0.25, 0.3) is 0 Å². The number of hydrogen-bond donors (Lipinski definition) is 3. The molecule has 4 heteroatoms. The van der Waals surface area contributed by atoms with E-state index in [0.29, 0.717) is 6.42 Å². The summed E-state index contributed by atoms with van der Waals surface area (Å²) in [4.78, 5) is 11.4. The lowest BCUT2D eigenvalue weighted by Gasteiger charge is -2.19. The summed E-state index contributed by atoms with van der Waals surface area (Å²) in [5.41, 5.74) is 5.58. The fourth-order valence-electron chi connectivity index (χ4n) is 1.29. The highest BCUT2D eigenvalue weighted by atomic mass is 16.3. The molecule has 0 aliphatic heterocycles. The summed E-state index contributed by atoms with van der Waals surface area (Å²) in [5, 5.41) is 11.8. The summed E-state index contributed by atoms with van der Waals surface area (Å²) in [5.74, 6) is 0.260. The molecule has 0 aliphatic carbocycles. The molecule has 0 heterocycles. The zero-order valence-electron chi connectivity index (χ0n) is 9.99. The van der Waals surface area contributed by atoms with E-state index >= 15 is 0 Å². The number of hydrogen-bond acceptors (Lipinski definition) is 3. The predicted molar refractivity (Wildman–Crippen MR) is 61.4 cm³/mol. The third kappa shape index (κ3) is 7.33. The van der Waals surface area contributed by atoms with Gasteiger partial charge < -0.3 is 16.2 Å². The predicted octanol–water partition coefficient (Wildman–Crippen LogP) is 0.637. The number of nitrogens with one attached hydrogen (secondary N) is 1. The van der Waals surface area contributed by atoms with Crippen LogP contribution in [0, 0.1) is 5.92 Å². The lowest BCUT2D eigenvalue weighted by molar-refractivity contribution is -0.122. The van der Waals surface area contributed by atoms with E-state index in [9.17, 15) is 4.79 Å². The maximum absolute atomic E-state index is 11.4. The maximum atomic E-state index is 11.4. The van der Waals surface area contributed by atoms with Crippen LogP contribution in [0.3, 0.4) is 0 Å². The van der Waals surface area contributed by atoms with Gasteiger partial charge in [0.2, 0.25) is 5.91 Å². The Morgan fingerprint density at radius 1 is 1.40 bits per heavy atom. The molecule has 0 bridgehead atoms. The Balaban J connectivity index is 3.72. The van der Waals surface area contributed by atoms with Gasteiger partial charge in [-0.05, 0) is 25.7 Å². The van der Waals surface area contributed by atoms with Crippen molar-refractivity contribution in [1.29, 1.82) is 0 Å². The second-order valence-corrected chi connectivity index (χ2v) is 4.47. The average Bonchev–Trinajstić information content (AvgIpc) is 2.13. The van der Waals surface area contributed by atoms with Gasteiger partial charge in [-0.15, -0.1) is 0 Å². The minimum absolute atomic E-state index is 0.00315. The molecule has 0 saturated heterocycles. The average molecular weight is 216 g/mol. The topological polar surface area (TPSA) is 75.4 Å². The second kappa shape index (κ2) is 7.65. The number of aliphatic hydroxyl groups is 1. The minimum atomic E-state index is -0.132. The van der Waals surface area contributed by atoms with Crippen LogP contribution in [0.25, 0.3) is 0 Å². The lowest BCUT2D eigenvalue weighted by atomic mass is 10.0. The van der Waals surface area contributed by atoms with Crippen molar-refractivity contribution in [2.24, 2.45) is 11.7 Å². The highest BCUT2D eigenvalue weighted by Gasteiger charge is 2.14. The van der Waals surface area contributed by atoms with E-state index in [2.05, 4.69) is 5.32 Å². The Morgan fingerprint density at radius 3 is 2.40 bits per heavy atom. The SMILES string of the molecule is CC(N)CCCC(=O)NC(CO)C(C)C. The van der Waals surface area contributed by atoms with Crippen LogP contribution in [0.5, 0.6) is 0 Å². The third-order valence-electron chi connectivity index (χ3n) is 2.41. The molecule has 2 unspecified atom stereocenters. The number of amides is 1. The monoisotopic (exact) mass is 216 g/mol. The van der Waals surface area contributed by atoms with Gasteiger partial charge in [0, 0.05) is 12.5 Å². The van der Waals surface area contributed by atoms with Gasteiger partial charge in [0.1, 0.15) is 0 Å². The van der Waals surface area contributed by atoms with Gasteiger partial charge in [-0.2, -0.15) is 0 Å². The first-order chi connectivity index (χ1) is 6.97. The Kier molecular flexibility index (Phi) is 7.34. The van der Waals surface area contributed by atoms with E-state index in [4.69, 9.17) is 10.8 Å². The van der Waals surface area contributed by atoms with Crippen LogP contribution in [0.1, 0.15) is 40.0 Å². The summed E-state index contributed by atoms with van der Waals surface area (Å²) in [7, 11) is 0. The van der Waals surface area contributed by atoms with Crippen LogP contribution in [0.4, 0.5) is 0 Å². The number of rotatable bonds is 7. The molecule has 4 nitrogen and oxygen atoms in total. The van der Waals surface area contributed by atoms with E-state index < -0.39 is 0 Å². The second-order valence-electron chi connectivity index (χ2n) is 4.47. The van der Waals surface area contributed by atoms with Crippen LogP contribution in [-0.2, 0) is 4.79 Å². The molecule has 0 rings (SSSR count). The van der Waals surface area contributed by atoms with Gasteiger partial charge in [-0.1, -0.05) is 13.8 Å². The Morgan fingerprint density at radius 2 is 2.00 bits per heavy atom. The summed E-state index contributed by atoms with van der Waals surface area (Å²) >= 11 is 0. The fraction of sp³-hybridized carbons (Fsp3) is 0.909. The number of carbonyl (C=O) groups is 1. The molecule has 4 N–H and O–H groups in total. The van der Waals surface area contributed by atoms with Crippen molar-refractivity contribution >= 4 is 5.91 Å². The summed E-state index contributed by atoms with van der Waals surface area (Å²) in [6.45, 7) is 5.88. The lowest BCUT2D eigenvalue weighted by Crippen LogP contribution is -2.41. The van der Waals surface area contributed by atoms with Crippen molar-refractivity contribution in [2.45, 2.75) is 52.1 Å². The summed E-state index contributed by atoms with van der Waals surface area (Å²) in [6, 6.07) is 0.0179. The van der Waals surface area contributed by atoms with Crippen LogP contribution in [-0.4, -0.2) is 29.7 Å². The number of carbonyl (C=O) groups excluding carboxylic acids is 1. The van der Waals surface area contributed by atoms with Gasteiger partial charge in [0.05, 0.1) is 12.6 Å². The first-order valence-corrected chi connectivity index (χ1v) is 5.63. The molecular weight excluding hydrogens is 192 g/mol. The number of nitrogens with two attached hydrogens (primary N) is 1. The van der Waals surface area contributed by atoms with E-state index in [-0.39, 0.29) is 30.5 Å². The highest BCUT2D eigenvalue weighted by Crippen LogP contribution is 2.03. The molecule has 1 amide bonds. The Bertz CT molecular complexity index is 181. The highest BCUT2D eigenvalue weighted by molar-refractivity contribution is 5.76. The Hall–Kier alpha value is -0.610. The first kappa shape index (κ1) is 14.4. The molecular formula is C11H24N2O2. The largest absolute Gasteiger partial charge is 0.394 e. The van der Waals surface area contributed by atoms with Crippen molar-refractivity contribution in [3.05, 3.63) is 0 Å². The van der Waals surface area contributed by atoms with Gasteiger partial charge in [-0.3, -0.25) is 4.79 Å². The van der Waals surface area contributed by atoms with Crippen LogP contribution in [0.15, 0.2) is 0 Å². The van der Waals surface area contributed by atoms with E-state index in [0.717, 1.165) is 12.8 Å². The van der Waals surface area contributed by atoms with Crippen LogP contribution < -0.4 is 11.1 Å². The van der Waals surface area contributed by atoms with Gasteiger partial charge in [-0.25, -0.2) is 0 Å². The van der Waals surface area contributed by atoms with Crippen molar-refractivity contribution in [2.75, 3.05) is 6.61 Å². The van der Waals surface area contributed by atoms with Gasteiger partial charge in [0.15, 0.2) is 0 Å². The van der Waals surface area contributed by atoms with Gasteiger partial charge >= 0.3 is 0 Å². The molecule has 0 fully saturated rings. The smallest absolute Gasteiger partial charge is 0.220 e. The van der Waals surface area contributed by atoms with Crippen molar-refractivity contribution < 1.29 is 9.90 Å². The summed E-state index contributed by atoms with van der Waals surface area (Å²) in [6.07, 6.45) is 2.16. The fourth-order valence-corrected chi connectivity index (χ4v) is 1.29. The molecule has 0 spiro atoms. The third-order valence-corrected chi connectivity index (χ3v) is 2.41. The Labute approximate surface area is 92.2 Å². The molecule has 0 aromatic carbocycles. The molecule has 2 atom stereocenters. The van der Waals surface area contributed by atoms with E-state index in [1.165, 1.54) is 0 Å². The first-order valence-electron chi connectivity index (χ1n) is 5.63. The molecule has 15 heavy (non-hydrogen) atoms. The quantitative estimate of drug-likeness (QED) is 0.584. The standard InChI is InChI=1S/C11H24N2O2/c1-8(2)10(7-14)13-11(15)6-4-5-9(3)12/h8-10,14H,4-7,12H2,1-3H3,(H,13,15). The minimum Gasteiger partial charge on any atom is -0.394 e. The van der Waals surface area contributed by atoms with E-state index in [1.54, 1.807) is 0 Å². The zero-order chi connectivity index (χ0) is 11.8. The molecule has 90 valence electrons. The molecule has 0 radical (unpaired) electrons. The van der Waals surface area contributed by atoms with E-state index in [1.807, 2.05) is 20.8 Å². The van der Waals surface area contributed by atoms with Crippen molar-refractivity contribution in [1.82, 2.24) is 5.32 Å². The molecule has 0 aliphatic rings. The van der Waals surface area contributed by atoms with Crippen LogP contribution in [0.2, 0.25) is 0 Å². The molecule has 0 saturated carbocycles. The molecule has 0 aromatic heterocycles. The zero-order valence-corrected chi connectivity index (χ0v) is 9.99. The number of aliphatic hydroxyl groups excluding tert-OH is 1. The van der Waals surface area contributed by atoms with Crippen molar-refractivity contribution in [3.8, 4) is 0 Å². The normalized spacial score (nSPS) is 15.1. The van der Waals surface area contributed by atoms with Crippen molar-refractivity contribution in [3.63, 3.8) is 0 Å².